The minimum absolute atomic E-state index is 0.235. The van der Waals surface area contributed by atoms with E-state index in [2.05, 4.69) is 21.2 Å². The minimum Gasteiger partial charge on any atom is -0.383 e. The topological polar surface area (TPSA) is 76.5 Å². The van der Waals surface area contributed by atoms with Crippen LogP contribution in [0.5, 0.6) is 0 Å². The van der Waals surface area contributed by atoms with Crippen LogP contribution in [0, 0.1) is 6.92 Å². The van der Waals surface area contributed by atoms with Crippen LogP contribution in [0.4, 0.5) is 10.5 Å². The van der Waals surface area contributed by atoms with Gasteiger partial charge in [-0.2, -0.15) is 0 Å². The van der Waals surface area contributed by atoms with Crippen molar-refractivity contribution >= 4 is 50.2 Å². The highest BCUT2D eigenvalue weighted by Gasteiger charge is 2.27. The van der Waals surface area contributed by atoms with Gasteiger partial charge in [-0.15, -0.1) is 0 Å². The number of halogens is 2. The predicted molar refractivity (Wildman–Crippen MR) is 147 cm³/mol. The second-order valence-electron chi connectivity index (χ2n) is 8.41. The van der Waals surface area contributed by atoms with Crippen LogP contribution in [0.2, 0.25) is 5.02 Å². The van der Waals surface area contributed by atoms with Gasteiger partial charge in [-0.3, -0.25) is 9.36 Å². The Morgan fingerprint density at radius 1 is 1.17 bits per heavy atom. The number of methoxy groups -OCH3 is 1. The number of ether oxygens (including phenoxy) is 1. The molecule has 1 heterocycles. The Bertz CT molecular complexity index is 1460. The van der Waals surface area contributed by atoms with E-state index < -0.39 is 6.04 Å². The van der Waals surface area contributed by atoms with Gasteiger partial charge < -0.3 is 15.0 Å². The Morgan fingerprint density at radius 3 is 2.61 bits per heavy atom. The fourth-order valence-corrected chi connectivity index (χ4v) is 4.53. The van der Waals surface area contributed by atoms with Gasteiger partial charge in [0.05, 0.1) is 29.2 Å². The largest absolute Gasteiger partial charge is 0.383 e. The highest BCUT2D eigenvalue weighted by molar-refractivity contribution is 9.10. The van der Waals surface area contributed by atoms with Crippen LogP contribution in [-0.4, -0.2) is 40.7 Å². The second kappa shape index (κ2) is 11.2. The van der Waals surface area contributed by atoms with Crippen LogP contribution in [0.15, 0.2) is 76.0 Å². The molecule has 0 radical (unpaired) electrons. The number of carbonyl (C=O) groups excluding carboxylic acids is 1. The number of aryl methyl sites for hydroxylation is 1. The monoisotopic (exact) mass is 568 g/mol. The van der Waals surface area contributed by atoms with E-state index >= 15 is 0 Å². The van der Waals surface area contributed by atoms with Crippen molar-refractivity contribution in [1.82, 2.24) is 14.5 Å². The van der Waals surface area contributed by atoms with Crippen molar-refractivity contribution < 1.29 is 9.53 Å². The summed E-state index contributed by atoms with van der Waals surface area (Å²) in [6.45, 7) is 4.42. The summed E-state index contributed by atoms with van der Waals surface area (Å²) in [5.74, 6) is 0.416. The number of nitrogens with one attached hydrogen (secondary N) is 1. The van der Waals surface area contributed by atoms with Crippen LogP contribution in [0.1, 0.15) is 24.4 Å². The maximum Gasteiger partial charge on any atom is 0.322 e. The number of nitrogens with zero attached hydrogens (tertiary/aromatic N) is 3. The average Bonchev–Trinajstić information content (AvgIpc) is 2.84. The lowest BCUT2D eigenvalue weighted by atomic mass is 10.1. The molecule has 7 nitrogen and oxygen atoms in total. The standard InChI is InChI=1S/C27H26BrClN4O3/c1-17-7-10-22(11-8-17)33-25(31-24-16-20(29)9-12-23(24)26(33)34)18(2)32(13-14-36-3)27(35)30-21-6-4-5-19(28)15-21/h4-12,15-16,18H,13-14H2,1-3H3,(H,30,35). The summed E-state index contributed by atoms with van der Waals surface area (Å²) in [6.07, 6.45) is 0. The number of fused-ring (bicyclic) bond motifs is 1. The molecular formula is C27H26BrClN4O3. The number of anilines is 1. The first kappa shape index (κ1) is 25.9. The molecule has 36 heavy (non-hydrogen) atoms. The van der Waals surface area contributed by atoms with Gasteiger partial charge in [-0.1, -0.05) is 51.3 Å². The Kier molecular flexibility index (Phi) is 8.08. The molecule has 0 bridgehead atoms. The second-order valence-corrected chi connectivity index (χ2v) is 9.76. The third kappa shape index (κ3) is 5.61. The molecule has 0 saturated heterocycles. The molecule has 1 atom stereocenters. The molecule has 1 aromatic heterocycles. The first-order chi connectivity index (χ1) is 17.3. The van der Waals surface area contributed by atoms with Gasteiger partial charge in [0.25, 0.3) is 5.56 Å². The van der Waals surface area contributed by atoms with Crippen LogP contribution >= 0.6 is 27.5 Å². The molecule has 0 spiro atoms. The van der Waals surface area contributed by atoms with Gasteiger partial charge in [0.2, 0.25) is 0 Å². The fraction of sp³-hybridized carbons (Fsp3) is 0.222. The van der Waals surface area contributed by atoms with Crippen LogP contribution < -0.4 is 10.9 Å². The molecule has 0 fully saturated rings. The van der Waals surface area contributed by atoms with Crippen LogP contribution in [0.25, 0.3) is 16.6 Å². The zero-order valence-corrected chi connectivity index (χ0v) is 22.5. The summed E-state index contributed by atoms with van der Waals surface area (Å²) < 4.78 is 7.69. The lowest BCUT2D eigenvalue weighted by molar-refractivity contribution is 0.137. The Morgan fingerprint density at radius 2 is 1.92 bits per heavy atom. The van der Waals surface area contributed by atoms with Gasteiger partial charge in [0.15, 0.2) is 0 Å². The van der Waals surface area contributed by atoms with E-state index in [1.165, 1.54) is 0 Å². The summed E-state index contributed by atoms with van der Waals surface area (Å²) in [6, 6.07) is 19.0. The highest BCUT2D eigenvalue weighted by atomic mass is 79.9. The Balaban J connectivity index is 1.84. The molecule has 0 aliphatic heterocycles. The van der Waals surface area contributed by atoms with Gasteiger partial charge >= 0.3 is 6.03 Å². The number of rotatable bonds is 7. The number of carbonyl (C=O) groups is 1. The van der Waals surface area contributed by atoms with Gasteiger partial charge in [-0.25, -0.2) is 9.78 Å². The van der Waals surface area contributed by atoms with Crippen molar-refractivity contribution in [2.45, 2.75) is 19.9 Å². The minimum atomic E-state index is -0.579. The lowest BCUT2D eigenvalue weighted by Crippen LogP contribution is -2.41. The van der Waals surface area contributed by atoms with Gasteiger partial charge in [0.1, 0.15) is 5.82 Å². The van der Waals surface area contributed by atoms with Gasteiger partial charge in [0, 0.05) is 28.8 Å². The highest BCUT2D eigenvalue weighted by Crippen LogP contribution is 2.25. The lowest BCUT2D eigenvalue weighted by Gasteiger charge is -2.30. The van der Waals surface area contributed by atoms with Crippen molar-refractivity contribution in [3.05, 3.63) is 98.0 Å². The van der Waals surface area contributed by atoms with Crippen molar-refractivity contribution in [3.63, 3.8) is 0 Å². The number of hydrogen-bond donors (Lipinski definition) is 1. The van der Waals surface area contributed by atoms with Crippen LogP contribution in [0.3, 0.4) is 0 Å². The zero-order valence-electron chi connectivity index (χ0n) is 20.2. The van der Waals surface area contributed by atoms with Crippen LogP contribution in [-0.2, 0) is 4.74 Å². The SMILES string of the molecule is COCCN(C(=O)Nc1cccc(Br)c1)C(C)c1nc2cc(Cl)ccc2c(=O)n1-c1ccc(C)cc1. The third-order valence-electron chi connectivity index (χ3n) is 5.86. The molecule has 2 amide bonds. The number of hydrogen-bond acceptors (Lipinski definition) is 4. The van der Waals surface area contributed by atoms with E-state index in [-0.39, 0.29) is 18.1 Å². The normalized spacial score (nSPS) is 11.9. The summed E-state index contributed by atoms with van der Waals surface area (Å²) in [7, 11) is 1.58. The molecule has 0 aliphatic rings. The first-order valence-electron chi connectivity index (χ1n) is 11.4. The molecule has 186 valence electrons. The summed E-state index contributed by atoms with van der Waals surface area (Å²) >= 11 is 9.65. The van der Waals surface area contributed by atoms with E-state index in [4.69, 9.17) is 21.3 Å². The van der Waals surface area contributed by atoms with Crippen molar-refractivity contribution in [2.24, 2.45) is 0 Å². The molecule has 1 N–H and O–H groups in total. The molecule has 3 aromatic carbocycles. The summed E-state index contributed by atoms with van der Waals surface area (Å²) in [4.78, 5) is 33.6. The summed E-state index contributed by atoms with van der Waals surface area (Å²) in [5, 5.41) is 3.85. The number of benzene rings is 3. The van der Waals surface area contributed by atoms with Crippen molar-refractivity contribution in [3.8, 4) is 5.69 Å². The molecule has 4 rings (SSSR count). The Hall–Kier alpha value is -3.20. The van der Waals surface area contributed by atoms with Crippen molar-refractivity contribution in [2.75, 3.05) is 25.6 Å². The summed E-state index contributed by atoms with van der Waals surface area (Å²) in [5.41, 5.74) is 2.60. The molecule has 0 saturated carbocycles. The fourth-order valence-electron chi connectivity index (χ4n) is 3.96. The Labute approximate surface area is 222 Å². The van der Waals surface area contributed by atoms with E-state index in [0.29, 0.717) is 39.7 Å². The number of urea groups is 1. The van der Waals surface area contributed by atoms with E-state index in [1.54, 1.807) is 40.8 Å². The molecular weight excluding hydrogens is 544 g/mol. The van der Waals surface area contributed by atoms with Gasteiger partial charge in [-0.05, 0) is 62.4 Å². The number of aromatic nitrogens is 2. The maximum atomic E-state index is 13.7. The maximum absolute atomic E-state index is 13.7. The molecule has 4 aromatic rings. The molecule has 9 heteroatoms. The number of amides is 2. The average molecular weight is 570 g/mol. The third-order valence-corrected chi connectivity index (χ3v) is 6.59. The van der Waals surface area contributed by atoms with Crippen molar-refractivity contribution in [1.29, 1.82) is 0 Å². The molecule has 0 aliphatic carbocycles. The van der Waals surface area contributed by atoms with E-state index in [0.717, 1.165) is 10.0 Å². The first-order valence-corrected chi connectivity index (χ1v) is 12.6. The zero-order chi connectivity index (χ0) is 25.8. The predicted octanol–water partition coefficient (Wildman–Crippen LogP) is 6.35. The molecule has 1 unspecified atom stereocenters. The smallest absolute Gasteiger partial charge is 0.322 e. The van der Waals surface area contributed by atoms with E-state index in [9.17, 15) is 9.59 Å². The van der Waals surface area contributed by atoms with E-state index in [1.807, 2.05) is 56.3 Å². The quantitative estimate of drug-likeness (QED) is 0.281.